The number of hydrogen-bond acceptors (Lipinski definition) is 3. The molecule has 0 fully saturated rings. The molecule has 2 heterocycles. The molecule has 5 heteroatoms. The molecule has 0 saturated carbocycles. The molecule has 0 unspecified atom stereocenters. The van der Waals surface area contributed by atoms with E-state index in [-0.39, 0.29) is 5.91 Å². The largest absolute Gasteiger partial charge is 0.477 e. The van der Waals surface area contributed by atoms with Crippen LogP contribution in [-0.2, 0) is 24.2 Å². The molecule has 1 amide bonds. The third-order valence-electron chi connectivity index (χ3n) is 3.90. The number of fused-ring (bicyclic) bond motifs is 1. The van der Waals surface area contributed by atoms with Crippen molar-refractivity contribution in [3.8, 4) is 0 Å². The first-order valence-electron chi connectivity index (χ1n) is 7.30. The summed E-state index contributed by atoms with van der Waals surface area (Å²) in [5.74, 6) is -0.751. The van der Waals surface area contributed by atoms with E-state index >= 15 is 0 Å². The van der Waals surface area contributed by atoms with Crippen molar-refractivity contribution < 1.29 is 14.7 Å². The molecule has 0 atom stereocenters. The van der Waals surface area contributed by atoms with Crippen molar-refractivity contribution in [1.82, 2.24) is 4.90 Å². The van der Waals surface area contributed by atoms with E-state index in [0.717, 1.165) is 28.8 Å². The molecule has 1 N–H and O–H groups in total. The Bertz CT molecular complexity index is 693. The highest BCUT2D eigenvalue weighted by Gasteiger charge is 2.23. The number of carboxylic acid groups (broad SMARTS) is 1. The maximum absolute atomic E-state index is 12.3. The highest BCUT2D eigenvalue weighted by atomic mass is 32.1. The van der Waals surface area contributed by atoms with E-state index in [1.165, 1.54) is 11.3 Å². The molecular formula is C17H17NO3S. The Morgan fingerprint density at radius 1 is 1.23 bits per heavy atom. The Balaban J connectivity index is 1.61. The third kappa shape index (κ3) is 3.20. The van der Waals surface area contributed by atoms with Crippen molar-refractivity contribution >= 4 is 23.2 Å². The van der Waals surface area contributed by atoms with Crippen molar-refractivity contribution in [2.24, 2.45) is 0 Å². The fourth-order valence-electron chi connectivity index (χ4n) is 2.71. The van der Waals surface area contributed by atoms with Crippen LogP contribution in [-0.4, -0.2) is 28.4 Å². The van der Waals surface area contributed by atoms with Gasteiger partial charge in [0.25, 0.3) is 0 Å². The first-order valence-corrected chi connectivity index (χ1v) is 8.11. The summed E-state index contributed by atoms with van der Waals surface area (Å²) in [4.78, 5) is 26.7. The molecule has 1 aromatic heterocycles. The molecule has 3 rings (SSSR count). The second-order valence-corrected chi connectivity index (χ2v) is 6.55. The molecule has 1 aliphatic rings. The number of aromatic carboxylic acids is 1. The second-order valence-electron chi connectivity index (χ2n) is 5.42. The first-order chi connectivity index (χ1) is 10.6. The number of carbonyl (C=O) groups excluding carboxylic acids is 1. The lowest BCUT2D eigenvalue weighted by Crippen LogP contribution is -2.35. The number of benzene rings is 1. The van der Waals surface area contributed by atoms with E-state index in [1.54, 1.807) is 6.07 Å². The number of amides is 1. The topological polar surface area (TPSA) is 57.6 Å². The molecule has 2 aromatic rings. The summed E-state index contributed by atoms with van der Waals surface area (Å²) in [5.41, 5.74) is 2.15. The van der Waals surface area contributed by atoms with Crippen LogP contribution in [0.25, 0.3) is 0 Å². The van der Waals surface area contributed by atoms with Crippen LogP contribution in [0.2, 0.25) is 0 Å². The summed E-state index contributed by atoms with van der Waals surface area (Å²) < 4.78 is 0. The zero-order valence-corrected chi connectivity index (χ0v) is 12.9. The third-order valence-corrected chi connectivity index (χ3v) is 5.13. The molecular weight excluding hydrogens is 298 g/mol. The Labute approximate surface area is 133 Å². The van der Waals surface area contributed by atoms with Gasteiger partial charge in [-0.2, -0.15) is 0 Å². The van der Waals surface area contributed by atoms with Gasteiger partial charge in [-0.05, 0) is 30.0 Å². The van der Waals surface area contributed by atoms with Gasteiger partial charge in [-0.3, -0.25) is 4.79 Å². The van der Waals surface area contributed by atoms with Gasteiger partial charge in [0, 0.05) is 24.4 Å². The minimum absolute atomic E-state index is 0.137. The van der Waals surface area contributed by atoms with Gasteiger partial charge < -0.3 is 10.0 Å². The van der Waals surface area contributed by atoms with Crippen LogP contribution in [0.5, 0.6) is 0 Å². The van der Waals surface area contributed by atoms with Crippen LogP contribution in [0.4, 0.5) is 0 Å². The van der Waals surface area contributed by atoms with Gasteiger partial charge in [-0.25, -0.2) is 4.79 Å². The summed E-state index contributed by atoms with van der Waals surface area (Å²) in [7, 11) is 0. The molecule has 0 spiro atoms. The van der Waals surface area contributed by atoms with Gasteiger partial charge in [-0.1, -0.05) is 30.3 Å². The highest BCUT2D eigenvalue weighted by molar-refractivity contribution is 7.14. The molecule has 0 radical (unpaired) electrons. The van der Waals surface area contributed by atoms with Crippen molar-refractivity contribution in [2.75, 3.05) is 6.54 Å². The van der Waals surface area contributed by atoms with Crippen molar-refractivity contribution in [2.45, 2.75) is 25.8 Å². The molecule has 1 aromatic carbocycles. The van der Waals surface area contributed by atoms with Gasteiger partial charge >= 0.3 is 5.97 Å². The number of aryl methyl sites for hydroxylation is 1. The Kier molecular flexibility index (Phi) is 4.24. The average Bonchev–Trinajstić information content (AvgIpc) is 2.97. The monoisotopic (exact) mass is 315 g/mol. The van der Waals surface area contributed by atoms with Crippen LogP contribution in [0.3, 0.4) is 0 Å². The summed E-state index contributed by atoms with van der Waals surface area (Å²) >= 11 is 1.33. The minimum Gasteiger partial charge on any atom is -0.477 e. The molecule has 0 aliphatic carbocycles. The van der Waals surface area contributed by atoms with Crippen LogP contribution < -0.4 is 0 Å². The lowest BCUT2D eigenvalue weighted by Gasteiger charge is -2.27. The minimum atomic E-state index is -0.888. The Hall–Kier alpha value is -2.14. The van der Waals surface area contributed by atoms with Crippen molar-refractivity contribution in [1.29, 1.82) is 0 Å². The summed E-state index contributed by atoms with van der Waals surface area (Å²) in [6.07, 6.45) is 1.99. The van der Waals surface area contributed by atoms with Crippen molar-refractivity contribution in [3.05, 3.63) is 57.3 Å². The Morgan fingerprint density at radius 3 is 2.73 bits per heavy atom. The maximum atomic E-state index is 12.3. The first kappa shape index (κ1) is 14.8. The van der Waals surface area contributed by atoms with E-state index in [2.05, 4.69) is 0 Å². The number of carbonyl (C=O) groups is 2. The van der Waals surface area contributed by atoms with E-state index in [4.69, 9.17) is 5.11 Å². The van der Waals surface area contributed by atoms with Gasteiger partial charge in [0.1, 0.15) is 4.88 Å². The van der Waals surface area contributed by atoms with Crippen molar-refractivity contribution in [3.63, 3.8) is 0 Å². The number of carboxylic acids is 1. The lowest BCUT2D eigenvalue weighted by molar-refractivity contribution is -0.132. The fraction of sp³-hybridized carbons (Fsp3) is 0.294. The van der Waals surface area contributed by atoms with Gasteiger partial charge in [0.15, 0.2) is 0 Å². The SMILES string of the molecule is O=C(O)c1cc2c(s1)CCN(C(=O)CCc1ccccc1)C2. The molecule has 1 aliphatic heterocycles. The standard InChI is InChI=1S/C17H17NO3S/c19-16(7-6-12-4-2-1-3-5-12)18-9-8-14-13(11-18)10-15(22-14)17(20)21/h1-5,10H,6-9,11H2,(H,20,21). The van der Waals surface area contributed by atoms with Gasteiger partial charge in [-0.15, -0.1) is 11.3 Å². The second kappa shape index (κ2) is 6.32. The predicted octanol–water partition coefficient (Wildman–Crippen LogP) is 2.96. The smallest absolute Gasteiger partial charge is 0.345 e. The van der Waals surface area contributed by atoms with E-state index in [0.29, 0.717) is 24.4 Å². The van der Waals surface area contributed by atoms with Gasteiger partial charge in [0.2, 0.25) is 5.91 Å². The quantitative estimate of drug-likeness (QED) is 0.943. The van der Waals surface area contributed by atoms with E-state index in [1.807, 2.05) is 35.2 Å². The predicted molar refractivity (Wildman–Crippen MR) is 85.2 cm³/mol. The molecule has 0 bridgehead atoms. The van der Waals surface area contributed by atoms with Gasteiger partial charge in [0.05, 0.1) is 0 Å². The molecule has 22 heavy (non-hydrogen) atoms. The summed E-state index contributed by atoms with van der Waals surface area (Å²) in [6.45, 7) is 1.22. The van der Waals surface area contributed by atoms with E-state index < -0.39 is 5.97 Å². The maximum Gasteiger partial charge on any atom is 0.345 e. The number of thiophene rings is 1. The molecule has 4 nitrogen and oxygen atoms in total. The average molecular weight is 315 g/mol. The zero-order chi connectivity index (χ0) is 15.5. The lowest BCUT2D eigenvalue weighted by atomic mass is 10.1. The molecule has 0 saturated heterocycles. The number of hydrogen-bond donors (Lipinski definition) is 1. The number of nitrogens with zero attached hydrogens (tertiary/aromatic N) is 1. The molecule has 114 valence electrons. The van der Waals surface area contributed by atoms with Crippen LogP contribution in [0, 0.1) is 0 Å². The zero-order valence-electron chi connectivity index (χ0n) is 12.1. The van der Waals surface area contributed by atoms with Crippen LogP contribution in [0.15, 0.2) is 36.4 Å². The summed E-state index contributed by atoms with van der Waals surface area (Å²) in [5, 5.41) is 9.05. The Morgan fingerprint density at radius 2 is 2.00 bits per heavy atom. The summed E-state index contributed by atoms with van der Waals surface area (Å²) in [6, 6.07) is 11.7. The van der Waals surface area contributed by atoms with Crippen LogP contribution >= 0.6 is 11.3 Å². The highest BCUT2D eigenvalue weighted by Crippen LogP contribution is 2.28. The number of rotatable bonds is 4. The van der Waals surface area contributed by atoms with Crippen LogP contribution in [0.1, 0.15) is 32.1 Å². The van der Waals surface area contributed by atoms with E-state index in [9.17, 15) is 9.59 Å². The fourth-order valence-corrected chi connectivity index (χ4v) is 3.71. The normalized spacial score (nSPS) is 13.7.